The lowest BCUT2D eigenvalue weighted by molar-refractivity contribution is -0.139. The van der Waals surface area contributed by atoms with Crippen LogP contribution in [0.1, 0.15) is 19.3 Å². The average Bonchev–Trinajstić information content (AvgIpc) is 2.57. The van der Waals surface area contributed by atoms with E-state index in [1.54, 1.807) is 30.6 Å². The Balaban J connectivity index is 1.67. The smallest absolute Gasteiger partial charge is 0.314 e. The Morgan fingerprint density at radius 3 is 2.52 bits per heavy atom. The number of hydrogen-bond acceptors (Lipinski definition) is 4. The molecule has 0 N–H and O–H groups in total. The van der Waals surface area contributed by atoms with Gasteiger partial charge >= 0.3 is 5.97 Å². The van der Waals surface area contributed by atoms with E-state index in [0.717, 1.165) is 24.8 Å². The predicted molar refractivity (Wildman–Crippen MR) is 79.6 cm³/mol. The molecule has 21 heavy (non-hydrogen) atoms. The van der Waals surface area contributed by atoms with Gasteiger partial charge in [-0.25, -0.2) is 9.97 Å². The van der Waals surface area contributed by atoms with Gasteiger partial charge in [-0.3, -0.25) is 4.79 Å². The molecule has 0 aliphatic heterocycles. The van der Waals surface area contributed by atoms with Gasteiger partial charge in [-0.05, 0) is 49.6 Å². The molecule has 0 amide bonds. The highest BCUT2D eigenvalue weighted by atomic mass is 16.5. The maximum atomic E-state index is 12.0. The molecule has 1 unspecified atom stereocenters. The molecular formula is C17H16N2O2. The molecular weight excluding hydrogens is 264 g/mol. The lowest BCUT2D eigenvalue weighted by Crippen LogP contribution is -2.21. The number of ether oxygens (including phenoxy) is 1. The highest BCUT2D eigenvalue weighted by Crippen LogP contribution is 2.23. The van der Waals surface area contributed by atoms with Gasteiger partial charge < -0.3 is 4.74 Å². The molecule has 4 nitrogen and oxygen atoms in total. The SMILES string of the molecule is O=C(Oc1ccc(-c2ncccn2)cc1)C1CC=CCC1. The second-order valence-corrected chi connectivity index (χ2v) is 5.00. The van der Waals surface area contributed by atoms with Gasteiger partial charge in [0, 0.05) is 18.0 Å². The van der Waals surface area contributed by atoms with E-state index < -0.39 is 0 Å². The van der Waals surface area contributed by atoms with Crippen molar-refractivity contribution in [1.29, 1.82) is 0 Å². The number of nitrogens with zero attached hydrogens (tertiary/aromatic N) is 2. The molecule has 0 radical (unpaired) electrons. The zero-order valence-corrected chi connectivity index (χ0v) is 11.6. The molecule has 0 spiro atoms. The van der Waals surface area contributed by atoms with Crippen LogP contribution < -0.4 is 4.74 Å². The fourth-order valence-electron chi connectivity index (χ4n) is 2.33. The molecule has 4 heteroatoms. The topological polar surface area (TPSA) is 52.1 Å². The number of carbonyl (C=O) groups is 1. The minimum Gasteiger partial charge on any atom is -0.426 e. The van der Waals surface area contributed by atoms with Gasteiger partial charge in [-0.2, -0.15) is 0 Å². The van der Waals surface area contributed by atoms with E-state index in [9.17, 15) is 4.79 Å². The third kappa shape index (κ3) is 3.34. The van der Waals surface area contributed by atoms with Crippen molar-refractivity contribution in [2.45, 2.75) is 19.3 Å². The summed E-state index contributed by atoms with van der Waals surface area (Å²) in [5.74, 6) is 1.05. The van der Waals surface area contributed by atoms with Crippen LogP contribution in [0.3, 0.4) is 0 Å². The van der Waals surface area contributed by atoms with E-state index in [1.807, 2.05) is 18.2 Å². The van der Waals surface area contributed by atoms with Crippen molar-refractivity contribution in [2.75, 3.05) is 0 Å². The normalized spacial score (nSPS) is 17.4. The molecule has 0 saturated heterocycles. The third-order valence-corrected chi connectivity index (χ3v) is 3.50. The van der Waals surface area contributed by atoms with Gasteiger partial charge in [0.05, 0.1) is 5.92 Å². The first-order valence-electron chi connectivity index (χ1n) is 7.07. The van der Waals surface area contributed by atoms with Crippen molar-refractivity contribution in [3.05, 3.63) is 54.9 Å². The molecule has 2 aromatic rings. The summed E-state index contributed by atoms with van der Waals surface area (Å²) >= 11 is 0. The molecule has 0 fully saturated rings. The molecule has 1 aliphatic rings. The van der Waals surface area contributed by atoms with E-state index >= 15 is 0 Å². The van der Waals surface area contributed by atoms with Gasteiger partial charge in [0.2, 0.25) is 0 Å². The van der Waals surface area contributed by atoms with Crippen molar-refractivity contribution in [3.63, 3.8) is 0 Å². The van der Waals surface area contributed by atoms with E-state index in [-0.39, 0.29) is 11.9 Å². The number of allylic oxidation sites excluding steroid dienone is 2. The minimum atomic E-state index is -0.150. The van der Waals surface area contributed by atoms with Gasteiger partial charge in [0.1, 0.15) is 5.75 Å². The first-order chi connectivity index (χ1) is 10.3. The molecule has 1 atom stereocenters. The van der Waals surface area contributed by atoms with E-state index in [2.05, 4.69) is 16.0 Å². The van der Waals surface area contributed by atoms with Crippen LogP contribution in [0.5, 0.6) is 5.75 Å². The van der Waals surface area contributed by atoms with Crippen molar-refractivity contribution in [1.82, 2.24) is 9.97 Å². The van der Waals surface area contributed by atoms with Crippen molar-refractivity contribution in [3.8, 4) is 17.1 Å². The van der Waals surface area contributed by atoms with Crippen LogP contribution in [-0.2, 0) is 4.79 Å². The van der Waals surface area contributed by atoms with Crippen LogP contribution in [0, 0.1) is 5.92 Å². The fourth-order valence-corrected chi connectivity index (χ4v) is 2.33. The van der Waals surface area contributed by atoms with Gasteiger partial charge in [0.15, 0.2) is 5.82 Å². The Labute approximate surface area is 123 Å². The number of carbonyl (C=O) groups excluding carboxylic acids is 1. The van der Waals surface area contributed by atoms with Crippen LogP contribution in [-0.4, -0.2) is 15.9 Å². The number of hydrogen-bond donors (Lipinski definition) is 0. The first-order valence-corrected chi connectivity index (χ1v) is 7.07. The summed E-state index contributed by atoms with van der Waals surface area (Å²) in [4.78, 5) is 20.4. The Morgan fingerprint density at radius 1 is 1.10 bits per heavy atom. The quantitative estimate of drug-likeness (QED) is 0.491. The van der Waals surface area contributed by atoms with E-state index in [0.29, 0.717) is 11.6 Å². The molecule has 1 aromatic heterocycles. The summed E-state index contributed by atoms with van der Waals surface area (Å²) in [6, 6.07) is 9.06. The zero-order valence-electron chi connectivity index (χ0n) is 11.6. The summed E-state index contributed by atoms with van der Waals surface area (Å²) in [7, 11) is 0. The van der Waals surface area contributed by atoms with Crippen LogP contribution in [0.4, 0.5) is 0 Å². The van der Waals surface area contributed by atoms with Gasteiger partial charge in [-0.15, -0.1) is 0 Å². The lowest BCUT2D eigenvalue weighted by Gasteiger charge is -2.16. The molecule has 106 valence electrons. The van der Waals surface area contributed by atoms with Crippen molar-refractivity contribution in [2.24, 2.45) is 5.92 Å². The largest absolute Gasteiger partial charge is 0.426 e. The number of benzene rings is 1. The molecule has 1 aromatic carbocycles. The molecule has 0 bridgehead atoms. The van der Waals surface area contributed by atoms with Gasteiger partial charge in [-0.1, -0.05) is 12.2 Å². The molecule has 0 saturated carbocycles. The Bertz CT molecular complexity index is 636. The Morgan fingerprint density at radius 2 is 1.86 bits per heavy atom. The second kappa shape index (κ2) is 6.31. The monoisotopic (exact) mass is 280 g/mol. The van der Waals surface area contributed by atoms with Crippen LogP contribution >= 0.6 is 0 Å². The highest BCUT2D eigenvalue weighted by Gasteiger charge is 2.20. The third-order valence-electron chi connectivity index (χ3n) is 3.50. The lowest BCUT2D eigenvalue weighted by atomic mass is 9.95. The number of aromatic nitrogens is 2. The summed E-state index contributed by atoms with van der Waals surface area (Å²) in [5, 5.41) is 0. The van der Waals surface area contributed by atoms with E-state index in [1.165, 1.54) is 0 Å². The zero-order chi connectivity index (χ0) is 14.5. The summed E-state index contributed by atoms with van der Waals surface area (Å²) < 4.78 is 5.43. The second-order valence-electron chi connectivity index (χ2n) is 5.00. The first kappa shape index (κ1) is 13.5. The summed E-state index contributed by atoms with van der Waals surface area (Å²) in [6.45, 7) is 0. The molecule has 1 heterocycles. The standard InChI is InChI=1S/C17H16N2O2/c20-17(14-5-2-1-3-6-14)21-15-9-7-13(8-10-15)16-18-11-4-12-19-16/h1-2,4,7-12,14H,3,5-6H2. The number of esters is 1. The van der Waals surface area contributed by atoms with Crippen LogP contribution in [0.15, 0.2) is 54.9 Å². The molecule has 3 rings (SSSR count). The van der Waals surface area contributed by atoms with E-state index in [4.69, 9.17) is 4.74 Å². The van der Waals surface area contributed by atoms with Crippen molar-refractivity contribution >= 4 is 5.97 Å². The Kier molecular flexibility index (Phi) is 4.05. The summed E-state index contributed by atoms with van der Waals surface area (Å²) in [5.41, 5.74) is 0.899. The summed E-state index contributed by atoms with van der Waals surface area (Å²) in [6.07, 6.45) is 10.1. The fraction of sp³-hybridized carbons (Fsp3) is 0.235. The highest BCUT2D eigenvalue weighted by molar-refractivity contribution is 5.75. The predicted octanol–water partition coefficient (Wildman–Crippen LogP) is 3.41. The average molecular weight is 280 g/mol. The van der Waals surface area contributed by atoms with Crippen LogP contribution in [0.25, 0.3) is 11.4 Å². The van der Waals surface area contributed by atoms with Gasteiger partial charge in [0.25, 0.3) is 0 Å². The maximum Gasteiger partial charge on any atom is 0.314 e. The van der Waals surface area contributed by atoms with Crippen molar-refractivity contribution < 1.29 is 9.53 Å². The Hall–Kier alpha value is -2.49. The minimum absolute atomic E-state index is 0.0212. The molecule has 1 aliphatic carbocycles. The van der Waals surface area contributed by atoms with Crippen LogP contribution in [0.2, 0.25) is 0 Å². The maximum absolute atomic E-state index is 12.0. The number of rotatable bonds is 3.